The Morgan fingerprint density at radius 1 is 1.00 bits per heavy atom. The second kappa shape index (κ2) is 9.39. The van der Waals surface area contributed by atoms with Crippen LogP contribution in [0, 0.1) is 17.8 Å². The second-order valence-electron chi connectivity index (χ2n) is 8.64. The number of hydrogen-bond acceptors (Lipinski definition) is 3. The van der Waals surface area contributed by atoms with E-state index in [4.69, 9.17) is 4.74 Å². The summed E-state index contributed by atoms with van der Waals surface area (Å²) in [6, 6.07) is 1.40. The van der Waals surface area contributed by atoms with Crippen LogP contribution in [-0.2, 0) is 4.74 Å². The molecule has 0 aromatic rings. The van der Waals surface area contributed by atoms with Crippen molar-refractivity contribution >= 4 is 0 Å². The summed E-state index contributed by atoms with van der Waals surface area (Å²) in [6.45, 7) is 15.3. The molecule has 1 heterocycles. The predicted octanol–water partition coefficient (Wildman–Crippen LogP) is 3.88. The molecule has 1 aliphatic carbocycles. The molecule has 2 rings (SSSR count). The molecule has 3 heteroatoms. The normalized spacial score (nSPS) is 31.2. The summed E-state index contributed by atoms with van der Waals surface area (Å²) in [5, 5.41) is 0. The highest BCUT2D eigenvalue weighted by Crippen LogP contribution is 2.33. The number of rotatable bonds is 7. The first kappa shape index (κ1) is 19.2. The molecule has 0 aromatic heterocycles. The van der Waals surface area contributed by atoms with Crippen LogP contribution in [-0.4, -0.2) is 61.8 Å². The molecule has 1 saturated heterocycles. The number of piperazine rings is 1. The number of nitrogens with zero attached hydrogens (tertiary/aromatic N) is 2. The third-order valence-electron chi connectivity index (χ3n) is 6.15. The van der Waals surface area contributed by atoms with Gasteiger partial charge < -0.3 is 9.64 Å². The first-order chi connectivity index (χ1) is 11.0. The minimum Gasteiger partial charge on any atom is -0.383 e. The largest absolute Gasteiger partial charge is 0.383 e. The van der Waals surface area contributed by atoms with Crippen LogP contribution < -0.4 is 0 Å². The quantitative estimate of drug-likeness (QED) is 0.707. The average molecular weight is 325 g/mol. The monoisotopic (exact) mass is 324 g/mol. The van der Waals surface area contributed by atoms with E-state index in [-0.39, 0.29) is 0 Å². The predicted molar refractivity (Wildman–Crippen MR) is 98.8 cm³/mol. The highest BCUT2D eigenvalue weighted by Gasteiger charge is 2.34. The summed E-state index contributed by atoms with van der Waals surface area (Å²) >= 11 is 0. The molecule has 23 heavy (non-hydrogen) atoms. The Kier molecular flexibility index (Phi) is 7.84. The van der Waals surface area contributed by atoms with Gasteiger partial charge in [0.25, 0.3) is 0 Å². The van der Waals surface area contributed by atoms with Gasteiger partial charge in [0, 0.05) is 38.8 Å². The van der Waals surface area contributed by atoms with Crippen LogP contribution in [0.5, 0.6) is 0 Å². The summed E-state index contributed by atoms with van der Waals surface area (Å²) in [7, 11) is 1.86. The van der Waals surface area contributed by atoms with Crippen LogP contribution in [0.25, 0.3) is 0 Å². The zero-order chi connectivity index (χ0) is 16.8. The Hall–Kier alpha value is -0.120. The van der Waals surface area contributed by atoms with Crippen molar-refractivity contribution in [3.05, 3.63) is 0 Å². The summed E-state index contributed by atoms with van der Waals surface area (Å²) < 4.78 is 5.57. The number of ether oxygens (including phenoxy) is 1. The molecular formula is C20H40N2O. The number of hydrogen-bond donors (Lipinski definition) is 0. The van der Waals surface area contributed by atoms with Gasteiger partial charge in [-0.25, -0.2) is 0 Å². The van der Waals surface area contributed by atoms with Crippen molar-refractivity contribution in [3.8, 4) is 0 Å². The van der Waals surface area contributed by atoms with Gasteiger partial charge in [0.1, 0.15) is 0 Å². The molecule has 1 aliphatic heterocycles. The van der Waals surface area contributed by atoms with Gasteiger partial charge in [-0.3, -0.25) is 4.90 Å². The first-order valence-electron chi connectivity index (χ1n) is 9.98. The fourth-order valence-corrected chi connectivity index (χ4v) is 4.50. The van der Waals surface area contributed by atoms with Crippen molar-refractivity contribution in [1.82, 2.24) is 9.80 Å². The van der Waals surface area contributed by atoms with Crippen LogP contribution in [0.2, 0.25) is 0 Å². The molecule has 136 valence electrons. The van der Waals surface area contributed by atoms with E-state index in [1.54, 1.807) is 0 Å². The van der Waals surface area contributed by atoms with Crippen molar-refractivity contribution in [2.24, 2.45) is 17.8 Å². The van der Waals surface area contributed by atoms with Gasteiger partial charge in [-0.05, 0) is 56.4 Å². The molecular weight excluding hydrogens is 284 g/mol. The van der Waals surface area contributed by atoms with E-state index >= 15 is 0 Å². The summed E-state index contributed by atoms with van der Waals surface area (Å²) in [5.74, 6) is 2.62. The molecule has 2 fully saturated rings. The minimum absolute atomic E-state index is 0.599. The molecule has 3 nitrogen and oxygen atoms in total. The summed E-state index contributed by atoms with van der Waals surface area (Å²) in [5.41, 5.74) is 0. The standard InChI is InChI=1S/C20H40N2O/c1-16(2)10-11-21-12-13-22(20(14-21)15-23-5)19-8-6-18(7-9-19)17(3)4/h16-20H,6-15H2,1-5H3/t18?,19?,20-/m1/s1. The Balaban J connectivity index is 1.86. The fourth-order valence-electron chi connectivity index (χ4n) is 4.50. The van der Waals surface area contributed by atoms with Gasteiger partial charge in [0.2, 0.25) is 0 Å². The zero-order valence-electron chi connectivity index (χ0n) is 16.3. The highest BCUT2D eigenvalue weighted by atomic mass is 16.5. The topological polar surface area (TPSA) is 15.7 Å². The van der Waals surface area contributed by atoms with E-state index in [2.05, 4.69) is 37.5 Å². The van der Waals surface area contributed by atoms with Gasteiger partial charge in [-0.15, -0.1) is 0 Å². The van der Waals surface area contributed by atoms with Gasteiger partial charge in [0.15, 0.2) is 0 Å². The lowest BCUT2D eigenvalue weighted by atomic mass is 9.79. The van der Waals surface area contributed by atoms with Crippen LogP contribution in [0.1, 0.15) is 59.8 Å². The van der Waals surface area contributed by atoms with Crippen LogP contribution in [0.3, 0.4) is 0 Å². The smallest absolute Gasteiger partial charge is 0.0630 e. The molecule has 0 spiro atoms. The van der Waals surface area contributed by atoms with Crippen molar-refractivity contribution in [2.75, 3.05) is 39.9 Å². The zero-order valence-corrected chi connectivity index (χ0v) is 16.3. The lowest BCUT2D eigenvalue weighted by molar-refractivity contribution is -0.0150. The fraction of sp³-hybridized carbons (Fsp3) is 1.00. The van der Waals surface area contributed by atoms with Crippen molar-refractivity contribution in [2.45, 2.75) is 71.9 Å². The Labute approximate surface area is 144 Å². The van der Waals surface area contributed by atoms with E-state index < -0.39 is 0 Å². The second-order valence-corrected chi connectivity index (χ2v) is 8.64. The molecule has 1 atom stereocenters. The van der Waals surface area contributed by atoms with Crippen molar-refractivity contribution in [1.29, 1.82) is 0 Å². The van der Waals surface area contributed by atoms with Crippen molar-refractivity contribution in [3.63, 3.8) is 0 Å². The minimum atomic E-state index is 0.599. The SMILES string of the molecule is COC[C@H]1CN(CCC(C)C)CCN1C1CCC(C(C)C)CC1. The molecule has 0 unspecified atom stereocenters. The molecule has 0 N–H and O–H groups in total. The van der Waals surface area contributed by atoms with Gasteiger partial charge in [0.05, 0.1) is 6.61 Å². The van der Waals surface area contributed by atoms with Gasteiger partial charge >= 0.3 is 0 Å². The van der Waals surface area contributed by atoms with Gasteiger partial charge in [-0.2, -0.15) is 0 Å². The van der Waals surface area contributed by atoms with Crippen LogP contribution in [0.15, 0.2) is 0 Å². The van der Waals surface area contributed by atoms with E-state index in [0.717, 1.165) is 30.4 Å². The molecule has 0 radical (unpaired) electrons. The van der Waals surface area contributed by atoms with E-state index in [1.165, 1.54) is 58.3 Å². The third kappa shape index (κ3) is 5.72. The summed E-state index contributed by atoms with van der Waals surface area (Å²) in [6.07, 6.45) is 6.97. The Bertz CT molecular complexity index is 324. The Morgan fingerprint density at radius 2 is 1.70 bits per heavy atom. The lowest BCUT2D eigenvalue weighted by Crippen LogP contribution is -2.58. The molecule has 0 bridgehead atoms. The highest BCUT2D eigenvalue weighted by molar-refractivity contribution is 4.89. The van der Waals surface area contributed by atoms with Crippen LogP contribution in [0.4, 0.5) is 0 Å². The lowest BCUT2D eigenvalue weighted by Gasteiger charge is -2.47. The average Bonchev–Trinajstić information content (AvgIpc) is 2.53. The third-order valence-corrected chi connectivity index (χ3v) is 6.15. The van der Waals surface area contributed by atoms with Crippen LogP contribution >= 0.6 is 0 Å². The Morgan fingerprint density at radius 3 is 2.26 bits per heavy atom. The van der Waals surface area contributed by atoms with Gasteiger partial charge in [-0.1, -0.05) is 27.7 Å². The van der Waals surface area contributed by atoms with Crippen molar-refractivity contribution < 1.29 is 4.74 Å². The summed E-state index contributed by atoms with van der Waals surface area (Å²) in [4.78, 5) is 5.46. The maximum atomic E-state index is 5.57. The maximum absolute atomic E-state index is 5.57. The van der Waals surface area contributed by atoms with E-state index in [1.807, 2.05) is 7.11 Å². The van der Waals surface area contributed by atoms with E-state index in [9.17, 15) is 0 Å². The maximum Gasteiger partial charge on any atom is 0.0630 e. The molecule has 2 aliphatic rings. The first-order valence-corrected chi connectivity index (χ1v) is 9.98. The molecule has 0 amide bonds. The molecule has 1 saturated carbocycles. The van der Waals surface area contributed by atoms with E-state index in [0.29, 0.717) is 6.04 Å². The molecule has 0 aromatic carbocycles. The number of methoxy groups -OCH3 is 1.